The number of fused-ring (bicyclic) bond motifs is 2. The number of hydrogen-bond donors (Lipinski definition) is 4. The highest BCUT2D eigenvalue weighted by Gasteiger charge is 2.40. The second kappa shape index (κ2) is 12.4. The summed E-state index contributed by atoms with van der Waals surface area (Å²) in [7, 11) is 0. The van der Waals surface area contributed by atoms with E-state index < -0.39 is 11.9 Å². The zero-order valence-electron chi connectivity index (χ0n) is 20.5. The number of likely N-dealkylation sites (N-methyl/N-ethyl adjacent to an activating group) is 1. The van der Waals surface area contributed by atoms with Crippen LogP contribution >= 0.6 is 0 Å². The first-order valence-corrected chi connectivity index (χ1v) is 11.8. The molecule has 1 aromatic heterocycles. The van der Waals surface area contributed by atoms with E-state index in [0.29, 0.717) is 24.1 Å². The summed E-state index contributed by atoms with van der Waals surface area (Å²) in [6, 6.07) is 7.44. The van der Waals surface area contributed by atoms with Crippen molar-refractivity contribution in [2.24, 2.45) is 0 Å². The second-order valence-corrected chi connectivity index (χ2v) is 8.61. The number of H-pyrrole nitrogens is 1. The molecule has 10 nitrogen and oxygen atoms in total. The van der Waals surface area contributed by atoms with Crippen LogP contribution in [0.25, 0.3) is 10.9 Å². The van der Waals surface area contributed by atoms with Crippen LogP contribution in [0.3, 0.4) is 0 Å². The van der Waals surface area contributed by atoms with Gasteiger partial charge >= 0.3 is 18.0 Å². The molecule has 1 fully saturated rings. The molecule has 1 unspecified atom stereocenters. The number of hydrogen-bond acceptors (Lipinski definition) is 4. The number of nitrogens with zero attached hydrogens (tertiary/aromatic N) is 2. The van der Waals surface area contributed by atoms with Crippen molar-refractivity contribution >= 4 is 28.9 Å². The second-order valence-electron chi connectivity index (χ2n) is 8.61. The van der Waals surface area contributed by atoms with Gasteiger partial charge in [0.05, 0.1) is 0 Å². The minimum Gasteiger partial charge on any atom is -0.478 e. The third kappa shape index (κ3) is 6.40. The van der Waals surface area contributed by atoms with Crippen LogP contribution in [0.5, 0.6) is 0 Å². The normalized spacial score (nSPS) is 20.8. The summed E-state index contributed by atoms with van der Waals surface area (Å²) in [5, 5.41) is 20.3. The van der Waals surface area contributed by atoms with E-state index in [0.717, 1.165) is 39.0 Å². The number of likely N-dealkylation sites (tertiary alicyclic amines) is 1. The van der Waals surface area contributed by atoms with Crippen molar-refractivity contribution in [1.82, 2.24) is 20.1 Å². The van der Waals surface area contributed by atoms with Gasteiger partial charge in [-0.3, -0.25) is 4.90 Å². The molecular weight excluding hydrogens is 452 g/mol. The molecule has 1 saturated heterocycles. The number of nitrogens with one attached hydrogen (secondary N) is 2. The summed E-state index contributed by atoms with van der Waals surface area (Å²) >= 11 is 0. The number of piperidine rings is 1. The Kier molecular flexibility index (Phi) is 9.85. The Morgan fingerprint density at radius 1 is 1.14 bits per heavy atom. The van der Waals surface area contributed by atoms with E-state index >= 15 is 0 Å². The zero-order valence-corrected chi connectivity index (χ0v) is 20.5. The molecule has 2 heterocycles. The fraction of sp³-hybridized carbons (Fsp3) is 0.480. The molecule has 10 heteroatoms. The Morgan fingerprint density at radius 3 is 2.37 bits per heavy atom. The first kappa shape index (κ1) is 27.9. The van der Waals surface area contributed by atoms with Crippen molar-refractivity contribution in [1.29, 1.82) is 0 Å². The summed E-state index contributed by atoms with van der Waals surface area (Å²) in [6.07, 6.45) is 5.43. The van der Waals surface area contributed by atoms with Gasteiger partial charge in [0.2, 0.25) is 0 Å². The number of aromatic amines is 1. The van der Waals surface area contributed by atoms with Crippen molar-refractivity contribution in [2.75, 3.05) is 26.2 Å². The van der Waals surface area contributed by atoms with Crippen LogP contribution < -0.4 is 5.32 Å². The molecule has 0 spiro atoms. The number of carbonyl (C=O) groups is 3. The maximum atomic E-state index is 12.6. The molecule has 1 aliphatic carbocycles. The molecule has 6 N–H and O–H groups in total. The number of carbonyl (C=O) groups excluding carboxylic acids is 1. The summed E-state index contributed by atoms with van der Waals surface area (Å²) in [5.41, 5.74) is 4.14. The van der Waals surface area contributed by atoms with Gasteiger partial charge in [0.1, 0.15) is 0 Å². The molecule has 4 rings (SSSR count). The number of benzene rings is 1. The van der Waals surface area contributed by atoms with Gasteiger partial charge in [0.25, 0.3) is 0 Å². The molecule has 0 saturated carbocycles. The number of urea groups is 1. The largest absolute Gasteiger partial charge is 0.478 e. The minimum atomic E-state index is -1.26. The lowest BCUT2D eigenvalue weighted by molar-refractivity contribution is -0.134. The molecule has 0 bridgehead atoms. The van der Waals surface area contributed by atoms with Gasteiger partial charge in [0.15, 0.2) is 0 Å². The highest BCUT2D eigenvalue weighted by molar-refractivity contribution is 5.90. The lowest BCUT2D eigenvalue weighted by Crippen LogP contribution is -2.57. The van der Waals surface area contributed by atoms with Crippen molar-refractivity contribution in [3.8, 4) is 0 Å². The molecule has 0 radical (unpaired) electrons. The summed E-state index contributed by atoms with van der Waals surface area (Å²) in [5.74, 6) is -2.03. The number of carboxylic acid groups (broad SMARTS) is 2. The number of aliphatic carboxylic acids is 2. The topological polar surface area (TPSA) is 157 Å². The summed E-state index contributed by atoms with van der Waals surface area (Å²) in [6.45, 7) is 9.78. The van der Waals surface area contributed by atoms with Crippen molar-refractivity contribution in [3.05, 3.63) is 47.7 Å². The minimum absolute atomic E-state index is 0. The van der Waals surface area contributed by atoms with Crippen molar-refractivity contribution < 1.29 is 30.1 Å². The third-order valence-electron chi connectivity index (χ3n) is 6.73. The Bertz CT molecular complexity index is 1050. The molecule has 2 aromatic rings. The number of rotatable bonds is 6. The maximum absolute atomic E-state index is 12.6. The van der Waals surface area contributed by atoms with Crippen LogP contribution in [0.4, 0.5) is 4.79 Å². The first-order chi connectivity index (χ1) is 16.3. The number of carboxylic acids is 2. The Balaban J connectivity index is 0.000000418. The molecule has 192 valence electrons. The van der Waals surface area contributed by atoms with Gasteiger partial charge in [-0.05, 0) is 50.4 Å². The van der Waals surface area contributed by atoms with Gasteiger partial charge in [-0.1, -0.05) is 19.1 Å². The van der Waals surface area contributed by atoms with Gasteiger partial charge < -0.3 is 30.9 Å². The maximum Gasteiger partial charge on any atom is 0.328 e. The monoisotopic (exact) mass is 488 g/mol. The van der Waals surface area contributed by atoms with Crippen LogP contribution in [-0.2, 0) is 16.0 Å². The molecule has 35 heavy (non-hydrogen) atoms. The Morgan fingerprint density at radius 2 is 1.80 bits per heavy atom. The average molecular weight is 489 g/mol. The van der Waals surface area contributed by atoms with Crippen molar-refractivity contribution in [3.63, 3.8) is 0 Å². The van der Waals surface area contributed by atoms with E-state index in [9.17, 15) is 14.4 Å². The molecule has 2 amide bonds. The van der Waals surface area contributed by atoms with Crippen LogP contribution in [0.15, 0.2) is 36.5 Å². The van der Waals surface area contributed by atoms with Gasteiger partial charge in [-0.25, -0.2) is 14.4 Å². The van der Waals surface area contributed by atoms with E-state index in [4.69, 9.17) is 10.2 Å². The molecular formula is C25H36N4O6. The third-order valence-corrected chi connectivity index (χ3v) is 6.73. The van der Waals surface area contributed by atoms with Gasteiger partial charge in [0, 0.05) is 66.9 Å². The Labute approximate surface area is 204 Å². The molecule has 2 aliphatic rings. The van der Waals surface area contributed by atoms with Crippen molar-refractivity contribution in [2.45, 2.75) is 51.6 Å². The lowest BCUT2D eigenvalue weighted by atomic mass is 9.74. The van der Waals surface area contributed by atoms with Crippen LogP contribution in [0.2, 0.25) is 0 Å². The highest BCUT2D eigenvalue weighted by atomic mass is 16.4. The van der Waals surface area contributed by atoms with Crippen LogP contribution in [-0.4, -0.2) is 86.7 Å². The zero-order chi connectivity index (χ0) is 24.8. The summed E-state index contributed by atoms with van der Waals surface area (Å²) in [4.78, 5) is 39.6. The van der Waals surface area contributed by atoms with Gasteiger partial charge in [-0.2, -0.15) is 0 Å². The molecule has 3 atom stereocenters. The van der Waals surface area contributed by atoms with E-state index in [1.807, 2.05) is 18.7 Å². The predicted octanol–water partition coefficient (Wildman–Crippen LogP) is 2.21. The quantitative estimate of drug-likeness (QED) is 0.457. The standard InChI is InChI=1S/C21H30N4O.C4H4O4.H2O/c1-4-24(5-2)21(26)23-15-11-17-16-8-7-9-18-20(16)14(12-22-18)10-19(17)25(6-3)13-15;5-3(6)1-2-4(7)8;/h7-9,12,15,17,19,22H,4-6,10-11,13H2,1-3H3,(H,23,26);1-2H,(H,5,6)(H,7,8);1H2/b;2-1-;/t15-,17?,19+;;/m0../s1. The molecule has 1 aliphatic heterocycles. The lowest BCUT2D eigenvalue weighted by Gasteiger charge is -2.47. The van der Waals surface area contributed by atoms with E-state index in [1.54, 1.807) is 0 Å². The number of aromatic nitrogens is 1. The average Bonchev–Trinajstić information content (AvgIpc) is 3.23. The van der Waals surface area contributed by atoms with Crippen LogP contribution in [0.1, 0.15) is 44.2 Å². The predicted molar refractivity (Wildman–Crippen MR) is 134 cm³/mol. The fourth-order valence-corrected chi connectivity index (χ4v) is 5.19. The van der Waals surface area contributed by atoms with Crippen LogP contribution in [0, 0.1) is 0 Å². The van der Waals surface area contributed by atoms with E-state index in [2.05, 4.69) is 46.5 Å². The summed E-state index contributed by atoms with van der Waals surface area (Å²) < 4.78 is 0. The first-order valence-electron chi connectivity index (χ1n) is 11.8. The van der Waals surface area contributed by atoms with E-state index in [1.165, 1.54) is 22.0 Å². The highest BCUT2D eigenvalue weighted by Crippen LogP contribution is 2.43. The van der Waals surface area contributed by atoms with Gasteiger partial charge in [-0.15, -0.1) is 0 Å². The SMILES string of the molecule is CCN(CC)C(=O)N[C@H]1CC2c3cccc4[nH]cc(c34)C[C@H]2N(CC)C1.O.O=C(O)/C=C\C(=O)O. The van der Waals surface area contributed by atoms with E-state index in [-0.39, 0.29) is 17.5 Å². The smallest absolute Gasteiger partial charge is 0.328 e. The Hall–Kier alpha value is -3.37. The fourth-order valence-electron chi connectivity index (χ4n) is 5.19. The number of amides is 2. The molecule has 1 aromatic carbocycles.